The Morgan fingerprint density at radius 2 is 2.03 bits per heavy atom. The van der Waals surface area contributed by atoms with Gasteiger partial charge in [-0.3, -0.25) is 9.56 Å². The number of aromatic nitrogens is 1. The van der Waals surface area contributed by atoms with Crippen LogP contribution in [0.4, 0.5) is 5.69 Å². The zero-order valence-electron chi connectivity index (χ0n) is 15.9. The van der Waals surface area contributed by atoms with Gasteiger partial charge in [0.25, 0.3) is 0 Å². The topological polar surface area (TPSA) is 95.4 Å². The fourth-order valence-corrected chi connectivity index (χ4v) is 3.75. The first-order valence-electron chi connectivity index (χ1n) is 8.31. The van der Waals surface area contributed by atoms with Gasteiger partial charge in [0.2, 0.25) is 5.88 Å². The molecule has 0 aliphatic rings. The number of methoxy groups -OCH3 is 3. The number of thiazole rings is 1. The highest BCUT2D eigenvalue weighted by molar-refractivity contribution is 7.73. The van der Waals surface area contributed by atoms with Crippen molar-refractivity contribution in [2.75, 3.05) is 21.3 Å². The molecule has 0 unspecified atom stereocenters. The second-order valence-electron chi connectivity index (χ2n) is 5.70. The number of ether oxygens (including phenoxy) is 3. The Morgan fingerprint density at radius 3 is 2.66 bits per heavy atom. The van der Waals surface area contributed by atoms with Gasteiger partial charge in [0.05, 0.1) is 51.6 Å². The number of rotatable bonds is 7. The van der Waals surface area contributed by atoms with E-state index in [4.69, 9.17) is 30.8 Å². The molecule has 0 spiro atoms. The van der Waals surface area contributed by atoms with Crippen LogP contribution in [0.1, 0.15) is 21.0 Å². The van der Waals surface area contributed by atoms with Crippen LogP contribution in [-0.2, 0) is 11.3 Å². The molecule has 0 saturated carbocycles. The average Bonchev–Trinajstić information content (AvgIpc) is 3.34. The van der Waals surface area contributed by atoms with Gasteiger partial charge in [0.1, 0.15) is 10.6 Å². The van der Waals surface area contributed by atoms with E-state index in [0.717, 1.165) is 0 Å². The van der Waals surface area contributed by atoms with Crippen molar-refractivity contribution < 1.29 is 28.5 Å². The number of hydrogen-bond donors (Lipinski definition) is 1. The van der Waals surface area contributed by atoms with Crippen LogP contribution in [-0.4, -0.2) is 43.2 Å². The number of nitrogens with zero attached hydrogens (tertiary/aromatic N) is 2. The standard InChI is InChI=1S/C19H18N2O6S2/c1-24-14-7-12(18(23)26-3)13(8-15(14)25-2)20-9-16-17(22)21(19(28)29-16)10-11-5-4-6-27-11/h4-9,22H,10H2,1-3H3. The zero-order chi connectivity index (χ0) is 21.0. The lowest BCUT2D eigenvalue weighted by Crippen LogP contribution is -2.03. The molecule has 0 amide bonds. The quantitative estimate of drug-likeness (QED) is 0.339. The highest BCUT2D eigenvalue weighted by Gasteiger charge is 2.18. The molecule has 0 atom stereocenters. The third kappa shape index (κ3) is 4.33. The van der Waals surface area contributed by atoms with Crippen LogP contribution in [0.3, 0.4) is 0 Å². The van der Waals surface area contributed by atoms with Crippen molar-refractivity contribution in [2.45, 2.75) is 6.54 Å². The van der Waals surface area contributed by atoms with E-state index in [2.05, 4.69) is 4.99 Å². The first-order chi connectivity index (χ1) is 14.0. The Bertz CT molecular complexity index is 1100. The molecule has 3 aromatic rings. The van der Waals surface area contributed by atoms with Crippen molar-refractivity contribution in [1.29, 1.82) is 0 Å². The van der Waals surface area contributed by atoms with E-state index in [0.29, 0.717) is 38.3 Å². The Morgan fingerprint density at radius 1 is 1.31 bits per heavy atom. The molecule has 152 valence electrons. The third-order valence-corrected chi connectivity index (χ3v) is 5.39. The molecule has 0 aliphatic heterocycles. The third-order valence-electron chi connectivity index (χ3n) is 4.02. The molecule has 2 heterocycles. The summed E-state index contributed by atoms with van der Waals surface area (Å²) in [6.45, 7) is 0.297. The summed E-state index contributed by atoms with van der Waals surface area (Å²) in [5.41, 5.74) is 0.491. The van der Waals surface area contributed by atoms with Gasteiger partial charge < -0.3 is 23.7 Å². The van der Waals surface area contributed by atoms with Crippen LogP contribution in [0.15, 0.2) is 39.9 Å². The smallest absolute Gasteiger partial charge is 0.340 e. The van der Waals surface area contributed by atoms with Crippen molar-refractivity contribution in [2.24, 2.45) is 4.99 Å². The Hall–Kier alpha value is -3.11. The number of aliphatic imine (C=N–C) groups is 1. The molecule has 0 bridgehead atoms. The minimum absolute atomic E-state index is 0.0414. The predicted molar refractivity (Wildman–Crippen MR) is 111 cm³/mol. The summed E-state index contributed by atoms with van der Waals surface area (Å²) >= 11 is 6.51. The highest BCUT2D eigenvalue weighted by Crippen LogP contribution is 2.35. The van der Waals surface area contributed by atoms with E-state index < -0.39 is 5.97 Å². The minimum atomic E-state index is -0.578. The lowest BCUT2D eigenvalue weighted by atomic mass is 10.1. The van der Waals surface area contributed by atoms with Gasteiger partial charge in [0.15, 0.2) is 15.5 Å². The molecule has 2 aromatic heterocycles. The molecule has 29 heavy (non-hydrogen) atoms. The monoisotopic (exact) mass is 434 g/mol. The maximum absolute atomic E-state index is 12.1. The molecular weight excluding hydrogens is 416 g/mol. The molecular formula is C19H18N2O6S2. The highest BCUT2D eigenvalue weighted by atomic mass is 32.1. The molecule has 10 heteroatoms. The fourth-order valence-electron chi connectivity index (χ4n) is 2.57. The number of carbonyl (C=O) groups excluding carboxylic acids is 1. The summed E-state index contributed by atoms with van der Waals surface area (Å²) in [7, 11) is 4.22. The van der Waals surface area contributed by atoms with E-state index in [9.17, 15) is 9.90 Å². The average molecular weight is 434 g/mol. The maximum Gasteiger partial charge on any atom is 0.340 e. The largest absolute Gasteiger partial charge is 0.493 e. The summed E-state index contributed by atoms with van der Waals surface area (Å²) in [5.74, 6) is 0.811. The summed E-state index contributed by atoms with van der Waals surface area (Å²) in [4.78, 5) is 16.9. The maximum atomic E-state index is 12.1. The Kier molecular flexibility index (Phi) is 6.35. The fraction of sp³-hybridized carbons (Fsp3) is 0.211. The lowest BCUT2D eigenvalue weighted by Gasteiger charge is -2.11. The van der Waals surface area contributed by atoms with Crippen LogP contribution in [0.25, 0.3) is 0 Å². The van der Waals surface area contributed by atoms with Crippen molar-refractivity contribution in [3.8, 4) is 17.4 Å². The molecule has 1 N–H and O–H groups in total. The van der Waals surface area contributed by atoms with Gasteiger partial charge in [-0.05, 0) is 24.4 Å². The molecule has 0 saturated heterocycles. The van der Waals surface area contributed by atoms with Crippen molar-refractivity contribution in [1.82, 2.24) is 4.57 Å². The van der Waals surface area contributed by atoms with Crippen molar-refractivity contribution in [3.63, 3.8) is 0 Å². The first kappa shape index (κ1) is 20.6. The SMILES string of the molecule is COC(=O)c1cc(OC)c(OC)cc1N=Cc1sc(=S)n(Cc2ccco2)c1O. The van der Waals surface area contributed by atoms with Crippen LogP contribution < -0.4 is 9.47 Å². The molecule has 1 aromatic carbocycles. The number of benzene rings is 1. The summed E-state index contributed by atoms with van der Waals surface area (Å²) in [6, 6.07) is 6.59. The van der Waals surface area contributed by atoms with Gasteiger partial charge >= 0.3 is 5.97 Å². The normalized spacial score (nSPS) is 11.0. The van der Waals surface area contributed by atoms with Crippen LogP contribution in [0, 0.1) is 3.95 Å². The zero-order valence-corrected chi connectivity index (χ0v) is 17.5. The van der Waals surface area contributed by atoms with Crippen LogP contribution in [0.5, 0.6) is 17.4 Å². The van der Waals surface area contributed by atoms with Crippen molar-refractivity contribution >= 4 is 41.4 Å². The first-order valence-corrected chi connectivity index (χ1v) is 9.54. The molecule has 0 radical (unpaired) electrons. The number of furan rings is 1. The number of hydrogen-bond acceptors (Lipinski definition) is 9. The molecule has 3 rings (SSSR count). The molecule has 8 nitrogen and oxygen atoms in total. The van der Waals surface area contributed by atoms with Gasteiger partial charge in [-0.25, -0.2) is 4.79 Å². The molecule has 0 aliphatic carbocycles. The van der Waals surface area contributed by atoms with E-state index in [1.54, 1.807) is 24.5 Å². The van der Waals surface area contributed by atoms with Gasteiger partial charge in [-0.1, -0.05) is 11.3 Å². The second-order valence-corrected chi connectivity index (χ2v) is 7.37. The van der Waals surface area contributed by atoms with E-state index in [1.165, 1.54) is 49.5 Å². The molecule has 0 fully saturated rings. The second kappa shape index (κ2) is 8.93. The van der Waals surface area contributed by atoms with E-state index >= 15 is 0 Å². The van der Waals surface area contributed by atoms with Crippen molar-refractivity contribution in [3.05, 3.63) is 50.7 Å². The lowest BCUT2D eigenvalue weighted by molar-refractivity contribution is 0.0601. The Balaban J connectivity index is 1.99. The van der Waals surface area contributed by atoms with Crippen LogP contribution in [0.2, 0.25) is 0 Å². The summed E-state index contributed by atoms with van der Waals surface area (Å²) in [5, 5.41) is 10.5. The number of aromatic hydroxyl groups is 1. The predicted octanol–water partition coefficient (Wildman–Crippen LogP) is 4.18. The summed E-state index contributed by atoms with van der Waals surface area (Å²) in [6.07, 6.45) is 2.98. The number of carbonyl (C=O) groups is 1. The Labute approximate surface area is 175 Å². The van der Waals surface area contributed by atoms with E-state index in [1.807, 2.05) is 0 Å². The van der Waals surface area contributed by atoms with E-state index in [-0.39, 0.29) is 11.4 Å². The summed E-state index contributed by atoms with van der Waals surface area (Å²) < 4.78 is 22.6. The van der Waals surface area contributed by atoms with Gasteiger partial charge in [-0.15, -0.1) is 0 Å². The van der Waals surface area contributed by atoms with Gasteiger partial charge in [-0.2, -0.15) is 0 Å². The minimum Gasteiger partial charge on any atom is -0.493 e. The van der Waals surface area contributed by atoms with Crippen LogP contribution >= 0.6 is 23.6 Å². The number of esters is 1. The van der Waals surface area contributed by atoms with Gasteiger partial charge in [0, 0.05) is 12.1 Å².